The van der Waals surface area contributed by atoms with Crippen molar-refractivity contribution in [1.29, 1.82) is 0 Å². The van der Waals surface area contributed by atoms with Crippen LogP contribution in [0, 0.1) is 0 Å². The topological polar surface area (TPSA) is 21.7 Å². The van der Waals surface area contributed by atoms with Crippen LogP contribution in [0.1, 0.15) is 44.5 Å². The van der Waals surface area contributed by atoms with Crippen molar-refractivity contribution in [3.05, 3.63) is 317 Å². The Morgan fingerprint density at radius 1 is 0.253 bits per heavy atom. The van der Waals surface area contributed by atoms with Crippen LogP contribution in [-0.4, -0.2) is 0 Å². The van der Waals surface area contributed by atoms with Gasteiger partial charge in [0.05, 0.1) is 10.8 Å². The van der Waals surface area contributed by atoms with Crippen molar-refractivity contribution in [2.45, 2.75) is 10.8 Å². The molecule has 4 aliphatic rings. The van der Waals surface area contributed by atoms with E-state index in [2.05, 4.69) is 278 Å². The number of nitrogens with zero attached hydrogens (tertiary/aromatic N) is 1. The molecule has 0 aromatic heterocycles. The molecule has 0 N–H and O–H groups in total. The first-order valence-corrected chi connectivity index (χ1v) is 25.9. The lowest BCUT2D eigenvalue weighted by Gasteiger charge is -2.39. The summed E-state index contributed by atoms with van der Waals surface area (Å²) in [6.07, 6.45) is 0. The molecule has 0 radical (unpaired) electrons. The van der Waals surface area contributed by atoms with E-state index in [-0.39, 0.29) is 0 Å². The van der Waals surface area contributed by atoms with E-state index in [0.717, 1.165) is 67.9 Å². The minimum Gasteiger partial charge on any atom is -0.457 e. The van der Waals surface area contributed by atoms with E-state index in [1.165, 1.54) is 72.0 Å². The second-order valence-corrected chi connectivity index (χ2v) is 20.2. The summed E-state index contributed by atoms with van der Waals surface area (Å²) in [4.78, 5) is 2.46. The lowest BCUT2D eigenvalue weighted by Crippen LogP contribution is -2.32. The molecule has 2 aliphatic heterocycles. The number of hydrogen-bond donors (Lipinski definition) is 0. The lowest BCUT2D eigenvalue weighted by atomic mass is 9.66. The number of para-hydroxylation sites is 4. The molecule has 3 nitrogen and oxygen atoms in total. The van der Waals surface area contributed by atoms with Gasteiger partial charge in [0, 0.05) is 39.3 Å². The molecule has 75 heavy (non-hydrogen) atoms. The first kappa shape index (κ1) is 41.9. The van der Waals surface area contributed by atoms with E-state index in [1.807, 2.05) is 0 Å². The fourth-order valence-electron chi connectivity index (χ4n) is 13.5. The highest BCUT2D eigenvalue weighted by Crippen LogP contribution is 2.65. The third kappa shape index (κ3) is 5.81. The van der Waals surface area contributed by atoms with Gasteiger partial charge in [-0.15, -0.1) is 0 Å². The monoisotopic (exact) mass is 955 g/mol. The smallest absolute Gasteiger partial charge is 0.132 e. The van der Waals surface area contributed by atoms with Crippen LogP contribution in [0.4, 0.5) is 17.1 Å². The maximum atomic E-state index is 6.75. The zero-order valence-corrected chi connectivity index (χ0v) is 40.7. The van der Waals surface area contributed by atoms with Crippen molar-refractivity contribution in [3.8, 4) is 67.5 Å². The molecular weight excluding hydrogens is 911 g/mol. The molecule has 0 bridgehead atoms. The zero-order valence-electron chi connectivity index (χ0n) is 40.7. The van der Waals surface area contributed by atoms with E-state index in [0.29, 0.717) is 0 Å². The van der Waals surface area contributed by atoms with Crippen LogP contribution in [0.15, 0.2) is 273 Å². The van der Waals surface area contributed by atoms with Crippen LogP contribution in [0.5, 0.6) is 23.0 Å². The Balaban J connectivity index is 0.926. The third-order valence-corrected chi connectivity index (χ3v) is 16.6. The van der Waals surface area contributed by atoms with E-state index in [9.17, 15) is 0 Å². The first-order valence-electron chi connectivity index (χ1n) is 25.9. The predicted molar refractivity (Wildman–Crippen MR) is 304 cm³/mol. The quantitative estimate of drug-likeness (QED) is 0.172. The Morgan fingerprint density at radius 2 is 0.640 bits per heavy atom. The zero-order chi connectivity index (χ0) is 49.2. The normalized spacial score (nSPS) is 14.0. The van der Waals surface area contributed by atoms with Crippen molar-refractivity contribution in [3.63, 3.8) is 0 Å². The van der Waals surface area contributed by atoms with Crippen LogP contribution in [-0.2, 0) is 10.8 Å². The van der Waals surface area contributed by atoms with E-state index < -0.39 is 10.8 Å². The van der Waals surface area contributed by atoms with Crippen molar-refractivity contribution in [2.24, 2.45) is 0 Å². The van der Waals surface area contributed by atoms with Crippen LogP contribution in [0.3, 0.4) is 0 Å². The molecule has 0 fully saturated rings. The molecule has 12 aromatic rings. The highest BCUT2D eigenvalue weighted by Gasteiger charge is 2.53. The van der Waals surface area contributed by atoms with Crippen molar-refractivity contribution in [2.75, 3.05) is 4.90 Å². The molecule has 0 amide bonds. The lowest BCUT2D eigenvalue weighted by molar-refractivity contribution is 0.436. The molecular formula is C72H45NO2. The van der Waals surface area contributed by atoms with Crippen molar-refractivity contribution >= 4 is 27.8 Å². The summed E-state index contributed by atoms with van der Waals surface area (Å²) in [6, 6.07) is 100.0. The maximum Gasteiger partial charge on any atom is 0.132 e. The Labute approximate surface area is 435 Å². The Bertz CT molecular complexity index is 4220. The molecule has 350 valence electrons. The van der Waals surface area contributed by atoms with Gasteiger partial charge in [0.15, 0.2) is 0 Å². The molecule has 0 saturated heterocycles. The highest BCUT2D eigenvalue weighted by molar-refractivity contribution is 6.06. The highest BCUT2D eigenvalue weighted by atomic mass is 16.5. The molecule has 2 spiro atoms. The van der Waals surface area contributed by atoms with E-state index >= 15 is 0 Å². The van der Waals surface area contributed by atoms with E-state index in [1.54, 1.807) is 0 Å². The first-order chi connectivity index (χ1) is 37.2. The summed E-state index contributed by atoms with van der Waals surface area (Å²) in [7, 11) is 0. The molecule has 0 unspecified atom stereocenters. The minimum absolute atomic E-state index is 0.573. The van der Waals surface area contributed by atoms with Crippen LogP contribution in [0.2, 0.25) is 0 Å². The van der Waals surface area contributed by atoms with Gasteiger partial charge in [-0.05, 0) is 138 Å². The van der Waals surface area contributed by atoms with Gasteiger partial charge in [0.1, 0.15) is 23.0 Å². The molecule has 2 aliphatic carbocycles. The number of anilines is 3. The number of rotatable bonds is 5. The number of benzene rings is 12. The van der Waals surface area contributed by atoms with Crippen molar-refractivity contribution in [1.82, 2.24) is 0 Å². The van der Waals surface area contributed by atoms with Gasteiger partial charge in [-0.1, -0.05) is 212 Å². The summed E-state index contributed by atoms with van der Waals surface area (Å²) in [6.45, 7) is 0. The van der Waals surface area contributed by atoms with Gasteiger partial charge in [-0.2, -0.15) is 0 Å². The number of fused-ring (bicyclic) bond motifs is 20. The predicted octanol–water partition coefficient (Wildman–Crippen LogP) is 18.6. The number of ether oxygens (including phenoxy) is 2. The van der Waals surface area contributed by atoms with Crippen LogP contribution >= 0.6 is 0 Å². The summed E-state index contributed by atoms with van der Waals surface area (Å²) in [5, 5.41) is 2.39. The summed E-state index contributed by atoms with van der Waals surface area (Å²) < 4.78 is 13.5. The second-order valence-electron chi connectivity index (χ2n) is 20.2. The Hall–Kier alpha value is -9.70. The Morgan fingerprint density at radius 3 is 1.21 bits per heavy atom. The molecule has 16 rings (SSSR count). The van der Waals surface area contributed by atoms with Gasteiger partial charge in [-0.25, -0.2) is 0 Å². The van der Waals surface area contributed by atoms with Crippen LogP contribution < -0.4 is 14.4 Å². The standard InChI is InChI=1S/C72H45NO2/c1-2-16-46(17-3-1)47-30-32-48(33-31-47)49-34-38-51(39-35-49)73(53-41-42-55-54-18-4-6-20-58(54)72(65(55)45-53)62-24-10-14-28-68(62)75-69-29-15-11-25-63(69)72)52-40-36-50-37-43-64-70(57(50)44-52)56-19-5-7-21-59(56)71(64)60-22-8-12-26-66(60)74-67-27-13-9-23-61(67)71/h1-45H. The van der Waals surface area contributed by atoms with Crippen LogP contribution in [0.25, 0.3) is 55.3 Å². The fourth-order valence-corrected chi connectivity index (χ4v) is 13.5. The van der Waals surface area contributed by atoms with Gasteiger partial charge in [0.2, 0.25) is 0 Å². The molecule has 0 saturated carbocycles. The summed E-state index contributed by atoms with van der Waals surface area (Å²) in [5.41, 5.74) is 21.4. The average Bonchev–Trinajstić information content (AvgIpc) is 3.98. The van der Waals surface area contributed by atoms with Crippen molar-refractivity contribution < 1.29 is 9.47 Å². The average molecular weight is 956 g/mol. The fraction of sp³-hybridized carbons (Fsp3) is 0.0278. The van der Waals surface area contributed by atoms with Gasteiger partial charge in [-0.3, -0.25) is 0 Å². The minimum atomic E-state index is -0.618. The molecule has 3 heteroatoms. The van der Waals surface area contributed by atoms with Gasteiger partial charge >= 0.3 is 0 Å². The Kier molecular flexibility index (Phi) is 8.88. The SMILES string of the molecule is c1ccc(-c2ccc(-c3ccc(N(c4ccc5c(c4)C4(c6ccccc6Oc6ccccc64)c4ccccc4-5)c4ccc5ccc6c(c5c4)-c4ccccc4C64c5ccccc5Oc5ccccc54)cc3)cc2)cc1. The van der Waals surface area contributed by atoms with E-state index in [4.69, 9.17) is 9.47 Å². The van der Waals surface area contributed by atoms with Gasteiger partial charge < -0.3 is 14.4 Å². The number of hydrogen-bond acceptors (Lipinski definition) is 3. The summed E-state index contributed by atoms with van der Waals surface area (Å²) in [5.74, 6) is 3.54. The molecule has 2 heterocycles. The molecule has 12 aromatic carbocycles. The van der Waals surface area contributed by atoms with Gasteiger partial charge in [0.25, 0.3) is 0 Å². The largest absolute Gasteiger partial charge is 0.457 e. The second kappa shape index (κ2) is 15.9. The third-order valence-electron chi connectivity index (χ3n) is 16.6. The summed E-state index contributed by atoms with van der Waals surface area (Å²) >= 11 is 0. The molecule has 0 atom stereocenters. The maximum absolute atomic E-state index is 6.75.